The topological polar surface area (TPSA) is 62.1 Å². The number of para-hydroxylation sites is 1. The second-order valence-electron chi connectivity index (χ2n) is 6.80. The Morgan fingerprint density at radius 3 is 2.56 bits per heavy atom. The maximum absolute atomic E-state index is 12.9. The van der Waals surface area contributed by atoms with Crippen molar-refractivity contribution in [1.29, 1.82) is 0 Å². The van der Waals surface area contributed by atoms with Gasteiger partial charge in [0.1, 0.15) is 11.9 Å². The van der Waals surface area contributed by atoms with Gasteiger partial charge in [-0.25, -0.2) is 9.89 Å². The van der Waals surface area contributed by atoms with E-state index < -0.39 is 6.04 Å². The summed E-state index contributed by atoms with van der Waals surface area (Å²) in [4.78, 5) is 36.3. The Labute approximate surface area is 162 Å². The predicted octanol–water partition coefficient (Wildman–Crippen LogP) is 3.92. The smallest absolute Gasteiger partial charge is 0.259 e. The summed E-state index contributed by atoms with van der Waals surface area (Å²) in [7, 11) is 0. The Balaban J connectivity index is 1.64. The van der Waals surface area contributed by atoms with Crippen molar-refractivity contribution >= 4 is 40.1 Å². The lowest BCUT2D eigenvalue weighted by molar-refractivity contribution is -0.125. The molecule has 27 heavy (non-hydrogen) atoms. The zero-order valence-corrected chi connectivity index (χ0v) is 15.9. The number of amidine groups is 2. The van der Waals surface area contributed by atoms with Gasteiger partial charge in [0.15, 0.2) is 11.0 Å². The van der Waals surface area contributed by atoms with Crippen molar-refractivity contribution in [1.82, 2.24) is 4.90 Å². The van der Waals surface area contributed by atoms with E-state index in [1.807, 2.05) is 56.3 Å². The molecular formula is C21H19N3O2S. The molecule has 0 saturated heterocycles. The monoisotopic (exact) mass is 377 g/mol. The lowest BCUT2D eigenvalue weighted by Crippen LogP contribution is -2.42. The Hall–Kier alpha value is -2.73. The van der Waals surface area contributed by atoms with Crippen molar-refractivity contribution in [2.24, 2.45) is 15.9 Å². The fourth-order valence-electron chi connectivity index (χ4n) is 3.14. The first-order chi connectivity index (χ1) is 13.1. The number of fused-ring (bicyclic) bond motifs is 3. The summed E-state index contributed by atoms with van der Waals surface area (Å²) in [5.74, 6) is 0.883. The molecule has 2 aromatic carbocycles. The molecule has 2 aromatic rings. The first-order valence-corrected chi connectivity index (χ1v) is 9.85. The van der Waals surface area contributed by atoms with Crippen molar-refractivity contribution in [2.75, 3.05) is 5.75 Å². The van der Waals surface area contributed by atoms with E-state index >= 15 is 0 Å². The number of thioether (sulfide) groups is 1. The number of Topliss-reactive ketones (excluding diaryl/α,β-unsaturated/α-hetero) is 1. The number of carbonyl (C=O) groups excluding carboxylic acids is 2. The molecule has 2 aliphatic rings. The first-order valence-electron chi connectivity index (χ1n) is 8.87. The summed E-state index contributed by atoms with van der Waals surface area (Å²) in [6.45, 7) is 3.97. The number of hydrogen-bond donors (Lipinski definition) is 0. The van der Waals surface area contributed by atoms with E-state index in [2.05, 4.69) is 9.98 Å². The number of carbonyl (C=O) groups is 2. The molecule has 0 aliphatic carbocycles. The summed E-state index contributed by atoms with van der Waals surface area (Å²) in [5.41, 5.74) is 2.29. The number of rotatable bonds is 4. The van der Waals surface area contributed by atoms with Gasteiger partial charge in [0, 0.05) is 11.1 Å². The van der Waals surface area contributed by atoms with Crippen LogP contribution in [-0.4, -0.2) is 39.4 Å². The highest BCUT2D eigenvalue weighted by atomic mass is 32.2. The summed E-state index contributed by atoms with van der Waals surface area (Å²) in [5, 5.41) is 0.518. The fourth-order valence-corrected chi connectivity index (χ4v) is 4.03. The number of amides is 1. The summed E-state index contributed by atoms with van der Waals surface area (Å²) >= 11 is 1.28. The van der Waals surface area contributed by atoms with Crippen molar-refractivity contribution in [3.8, 4) is 0 Å². The van der Waals surface area contributed by atoms with Crippen LogP contribution in [0.2, 0.25) is 0 Å². The zero-order valence-electron chi connectivity index (χ0n) is 15.1. The Bertz CT molecular complexity index is 966. The normalized spacial score (nSPS) is 18.1. The SMILES string of the molecule is CC(C)C1N=C2c3ccccc3N=C(SCC(=O)c3ccccc3)N2C1=O. The van der Waals surface area contributed by atoms with Crippen LogP contribution in [0.4, 0.5) is 5.69 Å². The molecule has 1 unspecified atom stereocenters. The van der Waals surface area contributed by atoms with Crippen molar-refractivity contribution in [3.05, 3.63) is 65.7 Å². The lowest BCUT2D eigenvalue weighted by atomic mass is 10.1. The summed E-state index contributed by atoms with van der Waals surface area (Å²) < 4.78 is 0. The summed E-state index contributed by atoms with van der Waals surface area (Å²) in [6, 6.07) is 16.4. The molecule has 0 bridgehead atoms. The molecule has 136 valence electrons. The van der Waals surface area contributed by atoms with Crippen LogP contribution in [0.1, 0.15) is 29.8 Å². The molecule has 2 aliphatic heterocycles. The second-order valence-corrected chi connectivity index (χ2v) is 7.75. The number of benzene rings is 2. The average Bonchev–Trinajstić information content (AvgIpc) is 3.05. The molecule has 0 aromatic heterocycles. The van der Waals surface area contributed by atoms with Gasteiger partial charge in [-0.3, -0.25) is 14.6 Å². The molecule has 4 rings (SSSR count). The maximum Gasteiger partial charge on any atom is 0.259 e. The minimum atomic E-state index is -0.415. The maximum atomic E-state index is 12.9. The van der Waals surface area contributed by atoms with Gasteiger partial charge in [0.25, 0.3) is 5.91 Å². The third-order valence-electron chi connectivity index (χ3n) is 4.56. The molecule has 0 spiro atoms. The first kappa shape index (κ1) is 17.7. The molecule has 0 radical (unpaired) electrons. The van der Waals surface area contributed by atoms with E-state index in [9.17, 15) is 9.59 Å². The Kier molecular flexibility index (Phi) is 4.66. The van der Waals surface area contributed by atoms with Crippen LogP contribution in [0.3, 0.4) is 0 Å². The van der Waals surface area contributed by atoms with Gasteiger partial charge < -0.3 is 0 Å². The van der Waals surface area contributed by atoms with Crippen LogP contribution in [-0.2, 0) is 4.79 Å². The van der Waals surface area contributed by atoms with E-state index in [4.69, 9.17) is 0 Å². The van der Waals surface area contributed by atoms with E-state index in [1.165, 1.54) is 11.8 Å². The van der Waals surface area contributed by atoms with Crippen LogP contribution in [0.15, 0.2) is 64.6 Å². The minimum Gasteiger partial charge on any atom is -0.293 e. The summed E-state index contributed by atoms with van der Waals surface area (Å²) in [6.07, 6.45) is 0. The van der Waals surface area contributed by atoms with Crippen LogP contribution in [0.25, 0.3) is 0 Å². The van der Waals surface area contributed by atoms with E-state index in [1.54, 1.807) is 17.0 Å². The van der Waals surface area contributed by atoms with Crippen molar-refractivity contribution < 1.29 is 9.59 Å². The molecule has 2 heterocycles. The minimum absolute atomic E-state index is 0.00713. The van der Waals surface area contributed by atoms with Gasteiger partial charge in [0.05, 0.1) is 11.4 Å². The van der Waals surface area contributed by atoms with Crippen LogP contribution >= 0.6 is 11.8 Å². The highest BCUT2D eigenvalue weighted by molar-refractivity contribution is 8.14. The molecule has 0 N–H and O–H groups in total. The number of nitrogens with zero attached hydrogens (tertiary/aromatic N) is 3. The zero-order chi connectivity index (χ0) is 19.0. The third-order valence-corrected chi connectivity index (χ3v) is 5.50. The van der Waals surface area contributed by atoms with Crippen LogP contribution in [0.5, 0.6) is 0 Å². The van der Waals surface area contributed by atoms with E-state index in [0.29, 0.717) is 16.6 Å². The molecule has 0 fully saturated rings. The quantitative estimate of drug-likeness (QED) is 0.759. The van der Waals surface area contributed by atoms with E-state index in [-0.39, 0.29) is 23.4 Å². The van der Waals surface area contributed by atoms with E-state index in [0.717, 1.165) is 11.3 Å². The highest BCUT2D eigenvalue weighted by Crippen LogP contribution is 2.34. The number of aliphatic imine (C=N–C) groups is 2. The molecule has 0 saturated carbocycles. The number of hydrogen-bond acceptors (Lipinski definition) is 5. The highest BCUT2D eigenvalue weighted by Gasteiger charge is 2.42. The second kappa shape index (κ2) is 7.12. The van der Waals surface area contributed by atoms with Gasteiger partial charge in [0.2, 0.25) is 0 Å². The number of ketones is 1. The molecule has 6 heteroatoms. The van der Waals surface area contributed by atoms with Crippen LogP contribution < -0.4 is 0 Å². The largest absolute Gasteiger partial charge is 0.293 e. The Morgan fingerprint density at radius 2 is 1.81 bits per heavy atom. The molecule has 1 amide bonds. The predicted molar refractivity (Wildman–Crippen MR) is 109 cm³/mol. The fraction of sp³-hybridized carbons (Fsp3) is 0.238. The van der Waals surface area contributed by atoms with Gasteiger partial charge >= 0.3 is 0 Å². The van der Waals surface area contributed by atoms with Gasteiger partial charge in [-0.15, -0.1) is 0 Å². The average molecular weight is 377 g/mol. The molecular weight excluding hydrogens is 358 g/mol. The van der Waals surface area contributed by atoms with Crippen LogP contribution in [0, 0.1) is 5.92 Å². The lowest BCUT2D eigenvalue weighted by Gasteiger charge is -2.25. The van der Waals surface area contributed by atoms with Gasteiger partial charge in [-0.05, 0) is 18.1 Å². The molecule has 1 atom stereocenters. The van der Waals surface area contributed by atoms with Gasteiger partial charge in [-0.1, -0.05) is 68.1 Å². The third kappa shape index (κ3) is 3.21. The van der Waals surface area contributed by atoms with Crippen molar-refractivity contribution in [2.45, 2.75) is 19.9 Å². The van der Waals surface area contributed by atoms with Gasteiger partial charge in [-0.2, -0.15) is 0 Å². The Morgan fingerprint density at radius 1 is 1.11 bits per heavy atom. The standard InChI is InChI=1S/C21H19N3O2S/c1-13(2)18-20(26)24-19(23-18)15-10-6-7-11-16(15)22-21(24)27-12-17(25)14-8-4-3-5-9-14/h3-11,13,18H,12H2,1-2H3. The van der Waals surface area contributed by atoms with Crippen molar-refractivity contribution in [3.63, 3.8) is 0 Å². The molecule has 5 nitrogen and oxygen atoms in total.